The van der Waals surface area contributed by atoms with E-state index in [0.29, 0.717) is 27.0 Å². The van der Waals surface area contributed by atoms with E-state index in [4.69, 9.17) is 4.74 Å². The predicted octanol–water partition coefficient (Wildman–Crippen LogP) is 6.59. The van der Waals surface area contributed by atoms with E-state index in [0.717, 1.165) is 21.9 Å². The number of aromatic nitrogens is 4. The van der Waals surface area contributed by atoms with Gasteiger partial charge in [-0.1, -0.05) is 77.7 Å². The first-order valence-electron chi connectivity index (χ1n) is 14.3. The highest BCUT2D eigenvalue weighted by Crippen LogP contribution is 2.46. The van der Waals surface area contributed by atoms with Gasteiger partial charge in [0.05, 0.1) is 24.4 Å². The molecule has 3 aromatic carbocycles. The summed E-state index contributed by atoms with van der Waals surface area (Å²) in [4.78, 5) is 33.4. The Morgan fingerprint density at radius 1 is 1.02 bits per heavy atom. The highest BCUT2D eigenvalue weighted by atomic mass is 32.2. The van der Waals surface area contributed by atoms with E-state index in [1.54, 1.807) is 13.0 Å². The quantitative estimate of drug-likeness (QED) is 0.0647. The molecule has 1 saturated heterocycles. The fraction of sp³-hybridized carbons (Fsp3) is 0.147. The van der Waals surface area contributed by atoms with Gasteiger partial charge in [-0.15, -0.1) is 10.2 Å². The van der Waals surface area contributed by atoms with Gasteiger partial charge in [-0.2, -0.15) is 0 Å². The van der Waals surface area contributed by atoms with E-state index >= 15 is 0 Å². The molecule has 1 unspecified atom stereocenters. The van der Waals surface area contributed by atoms with E-state index < -0.39 is 23.5 Å². The molecule has 1 fully saturated rings. The molecule has 7 rings (SSSR count). The van der Waals surface area contributed by atoms with Gasteiger partial charge in [-0.25, -0.2) is 4.98 Å². The minimum Gasteiger partial charge on any atom is -0.505 e. The third-order valence-electron chi connectivity index (χ3n) is 8.11. The summed E-state index contributed by atoms with van der Waals surface area (Å²) in [5, 5.41) is 33.2. The van der Waals surface area contributed by atoms with Gasteiger partial charge in [0.2, 0.25) is 5.13 Å². The van der Waals surface area contributed by atoms with Crippen molar-refractivity contribution in [1.29, 1.82) is 0 Å². The number of anilines is 1. The van der Waals surface area contributed by atoms with Crippen LogP contribution in [-0.4, -0.2) is 48.6 Å². The van der Waals surface area contributed by atoms with Crippen LogP contribution in [0.25, 0.3) is 22.2 Å². The number of benzene rings is 3. The van der Waals surface area contributed by atoms with Crippen molar-refractivity contribution >= 4 is 62.1 Å². The molecule has 1 aliphatic rings. The van der Waals surface area contributed by atoms with E-state index in [2.05, 4.69) is 39.4 Å². The maximum Gasteiger partial charge on any atom is 0.301 e. The number of hydrogen-bond acceptors (Lipinski definition) is 10. The Labute approximate surface area is 271 Å². The first-order chi connectivity index (χ1) is 22.3. The summed E-state index contributed by atoms with van der Waals surface area (Å²) in [6.07, 6.45) is 1.82. The fourth-order valence-corrected chi connectivity index (χ4v) is 7.67. The van der Waals surface area contributed by atoms with Crippen LogP contribution >= 0.6 is 23.1 Å². The van der Waals surface area contributed by atoms with Gasteiger partial charge in [-0.3, -0.25) is 14.5 Å². The van der Waals surface area contributed by atoms with Crippen LogP contribution in [-0.2, 0) is 15.3 Å². The number of phenolic OH excluding ortho intramolecular Hbond substituents is 1. The maximum atomic E-state index is 13.8. The highest BCUT2D eigenvalue weighted by Gasteiger charge is 2.49. The lowest BCUT2D eigenvalue weighted by molar-refractivity contribution is -0.132. The number of aliphatic hydroxyl groups is 1. The highest BCUT2D eigenvalue weighted by molar-refractivity contribution is 8.00. The molecule has 6 aromatic rings. The molecule has 0 radical (unpaired) electrons. The number of carbonyl (C=O) groups excluding carboxylic acids is 2. The zero-order valence-corrected chi connectivity index (χ0v) is 26.6. The van der Waals surface area contributed by atoms with Crippen molar-refractivity contribution in [2.24, 2.45) is 0 Å². The Morgan fingerprint density at radius 2 is 1.83 bits per heavy atom. The molecule has 46 heavy (non-hydrogen) atoms. The average Bonchev–Trinajstić information content (AvgIpc) is 3.75. The van der Waals surface area contributed by atoms with Gasteiger partial charge in [0.15, 0.2) is 21.6 Å². The summed E-state index contributed by atoms with van der Waals surface area (Å²) < 4.78 is 7.77. The number of aliphatic hydroxyl groups excluding tert-OH is 1. The number of Topliss-reactive ketones (excluding diaryl/α,β-unsaturated/α-hetero) is 1. The lowest BCUT2D eigenvalue weighted by Crippen LogP contribution is -2.29. The van der Waals surface area contributed by atoms with E-state index in [9.17, 15) is 19.8 Å². The van der Waals surface area contributed by atoms with Crippen molar-refractivity contribution in [2.75, 3.05) is 12.0 Å². The van der Waals surface area contributed by atoms with Crippen molar-refractivity contribution in [3.8, 4) is 11.5 Å². The number of carbonyl (C=O) groups is 2. The Bertz CT molecular complexity index is 2220. The number of methoxy groups -OCH3 is 1. The third-order valence-corrected chi connectivity index (χ3v) is 10.2. The van der Waals surface area contributed by atoms with Gasteiger partial charge in [0, 0.05) is 11.9 Å². The number of hydrogen-bond donors (Lipinski definition) is 2. The monoisotopic (exact) mass is 649 g/mol. The molecule has 0 spiro atoms. The Balaban J connectivity index is 1.31. The van der Waals surface area contributed by atoms with Crippen LogP contribution in [0, 0.1) is 13.8 Å². The molecule has 1 amide bonds. The van der Waals surface area contributed by atoms with Crippen molar-refractivity contribution in [2.45, 2.75) is 30.0 Å². The average molecular weight is 650 g/mol. The molecule has 1 aliphatic heterocycles. The van der Waals surface area contributed by atoms with Crippen LogP contribution in [0.3, 0.4) is 0 Å². The number of amides is 1. The predicted molar refractivity (Wildman–Crippen MR) is 178 cm³/mol. The maximum absolute atomic E-state index is 13.8. The van der Waals surface area contributed by atoms with Crippen LogP contribution in [0.4, 0.5) is 5.13 Å². The molecule has 0 bridgehead atoms. The first-order valence-corrected chi connectivity index (χ1v) is 16.1. The van der Waals surface area contributed by atoms with Crippen LogP contribution in [0.1, 0.15) is 34.1 Å². The molecule has 1 atom stereocenters. The molecule has 2 N–H and O–H groups in total. The number of aromatic hydroxyl groups is 1. The standard InChI is InChI=1S/C34H27N5O5S2/c1-18-8-7-15-38-19(2)27(35-31(18)38)29(41)26-28(21-13-14-24(40)25(16-21)44-3)39(32(43)30(26)42)33-36-37-34(46-33)45-17-22-11-6-10-20-9-4-5-12-23(20)22/h4-16,28,40-41H,17H2,1-3H3/b29-26+. The molecule has 4 heterocycles. The van der Waals surface area contributed by atoms with E-state index in [-0.39, 0.29) is 27.9 Å². The number of aryl methyl sites for hydroxylation is 2. The van der Waals surface area contributed by atoms with Crippen molar-refractivity contribution < 1.29 is 24.5 Å². The number of rotatable bonds is 7. The SMILES string of the molecule is COc1cc(C2/C(=C(\O)c3nc4c(C)cccn4c3C)C(=O)C(=O)N2c2nnc(SCc3cccc4ccccc34)s2)ccc1O. The first kappa shape index (κ1) is 29.5. The summed E-state index contributed by atoms with van der Waals surface area (Å²) in [6, 6.07) is 21.5. The normalized spacial score (nSPS) is 16.2. The number of fused-ring (bicyclic) bond motifs is 2. The minimum absolute atomic E-state index is 0.113. The molecule has 12 heteroatoms. The third kappa shape index (κ3) is 4.86. The van der Waals surface area contributed by atoms with E-state index in [1.165, 1.54) is 47.2 Å². The number of phenols is 1. The lowest BCUT2D eigenvalue weighted by Gasteiger charge is -2.23. The Hall–Kier alpha value is -5.20. The molecule has 230 valence electrons. The molecular formula is C34H27N5O5S2. The van der Waals surface area contributed by atoms with Crippen LogP contribution < -0.4 is 9.64 Å². The fourth-order valence-electron chi connectivity index (χ4n) is 5.80. The molecule has 3 aromatic heterocycles. The van der Waals surface area contributed by atoms with Crippen molar-refractivity contribution in [3.63, 3.8) is 0 Å². The summed E-state index contributed by atoms with van der Waals surface area (Å²) in [5.74, 6) is -1.50. The second-order valence-corrected chi connectivity index (χ2v) is 13.0. The Kier molecular flexibility index (Phi) is 7.46. The molecule has 0 saturated carbocycles. The number of pyridine rings is 1. The zero-order valence-electron chi connectivity index (χ0n) is 25.0. The summed E-state index contributed by atoms with van der Waals surface area (Å²) in [5.41, 5.74) is 3.70. The second-order valence-electron chi connectivity index (χ2n) is 10.8. The number of ketones is 1. The van der Waals surface area contributed by atoms with Crippen molar-refractivity contribution in [1.82, 2.24) is 19.6 Å². The summed E-state index contributed by atoms with van der Waals surface area (Å²) in [7, 11) is 1.41. The van der Waals surface area contributed by atoms with E-state index in [1.807, 2.05) is 47.9 Å². The van der Waals surface area contributed by atoms with Gasteiger partial charge in [-0.05, 0) is 59.5 Å². The molecular weight excluding hydrogens is 623 g/mol. The lowest BCUT2D eigenvalue weighted by atomic mass is 9.96. The van der Waals surface area contributed by atoms with Gasteiger partial charge < -0.3 is 19.4 Å². The van der Waals surface area contributed by atoms with Crippen LogP contribution in [0.15, 0.2) is 88.9 Å². The van der Waals surface area contributed by atoms with Crippen LogP contribution in [0.5, 0.6) is 11.5 Å². The summed E-state index contributed by atoms with van der Waals surface area (Å²) >= 11 is 2.66. The van der Waals surface area contributed by atoms with Gasteiger partial charge >= 0.3 is 5.91 Å². The number of imidazole rings is 1. The topological polar surface area (TPSA) is 130 Å². The smallest absolute Gasteiger partial charge is 0.301 e. The van der Waals surface area contributed by atoms with Crippen LogP contribution in [0.2, 0.25) is 0 Å². The van der Waals surface area contributed by atoms with Gasteiger partial charge in [0.25, 0.3) is 5.78 Å². The van der Waals surface area contributed by atoms with Crippen molar-refractivity contribution in [3.05, 3.63) is 113 Å². The minimum atomic E-state index is -1.09. The summed E-state index contributed by atoms with van der Waals surface area (Å²) in [6.45, 7) is 3.69. The number of nitrogens with zero attached hydrogens (tertiary/aromatic N) is 5. The number of ether oxygens (including phenoxy) is 1. The van der Waals surface area contributed by atoms with Gasteiger partial charge in [0.1, 0.15) is 11.3 Å². The molecule has 0 aliphatic carbocycles. The second kappa shape index (κ2) is 11.6. The largest absolute Gasteiger partial charge is 0.505 e. The Morgan fingerprint density at radius 3 is 2.63 bits per heavy atom. The molecule has 10 nitrogen and oxygen atoms in total. The number of thioether (sulfide) groups is 1. The zero-order chi connectivity index (χ0) is 32.1.